The van der Waals surface area contributed by atoms with Crippen molar-refractivity contribution in [3.05, 3.63) is 41.7 Å². The van der Waals surface area contributed by atoms with Crippen molar-refractivity contribution in [3.63, 3.8) is 0 Å². The average Bonchev–Trinajstić information content (AvgIpc) is 2.76. The van der Waals surface area contributed by atoms with Gasteiger partial charge in [-0.1, -0.05) is 5.16 Å². The van der Waals surface area contributed by atoms with Crippen LogP contribution in [0.2, 0.25) is 0 Å². The monoisotopic (exact) mass is 267 g/mol. The lowest BCUT2D eigenvalue weighted by Crippen LogP contribution is -2.22. The fourth-order valence-electron chi connectivity index (χ4n) is 1.41. The fourth-order valence-corrected chi connectivity index (χ4v) is 1.41. The normalized spacial score (nSPS) is 10.3. The van der Waals surface area contributed by atoms with Crippen LogP contribution in [0, 0.1) is 18.6 Å². The number of rotatable bonds is 4. The molecule has 1 aromatic carbocycles. The van der Waals surface area contributed by atoms with Gasteiger partial charge in [-0.3, -0.25) is 4.79 Å². The van der Waals surface area contributed by atoms with Crippen molar-refractivity contribution < 1.29 is 18.1 Å². The number of nitrogens with zero attached hydrogens (tertiary/aromatic N) is 1. The van der Waals surface area contributed by atoms with Crippen molar-refractivity contribution in [3.8, 4) is 0 Å². The number of anilines is 2. The summed E-state index contributed by atoms with van der Waals surface area (Å²) in [5, 5.41) is 8.65. The van der Waals surface area contributed by atoms with E-state index in [0.29, 0.717) is 17.6 Å². The Kier molecular flexibility index (Phi) is 3.74. The number of amides is 1. The molecule has 0 bridgehead atoms. The Balaban J connectivity index is 1.90. The van der Waals surface area contributed by atoms with Crippen LogP contribution >= 0.6 is 0 Å². The van der Waals surface area contributed by atoms with Crippen LogP contribution in [0.1, 0.15) is 5.76 Å². The summed E-state index contributed by atoms with van der Waals surface area (Å²) in [5.41, 5.74) is -0.0791. The third-order valence-corrected chi connectivity index (χ3v) is 2.26. The molecule has 2 N–H and O–H groups in total. The number of carbonyl (C=O) groups is 1. The Hall–Kier alpha value is -2.44. The second kappa shape index (κ2) is 5.47. The predicted molar refractivity (Wildman–Crippen MR) is 64.7 cm³/mol. The van der Waals surface area contributed by atoms with E-state index in [9.17, 15) is 13.6 Å². The van der Waals surface area contributed by atoms with Gasteiger partial charge in [0.05, 0.1) is 12.2 Å². The zero-order valence-electron chi connectivity index (χ0n) is 10.0. The Labute approximate surface area is 107 Å². The third-order valence-electron chi connectivity index (χ3n) is 2.26. The zero-order chi connectivity index (χ0) is 13.8. The Morgan fingerprint density at radius 1 is 1.37 bits per heavy atom. The molecule has 19 heavy (non-hydrogen) atoms. The molecule has 2 aromatic rings. The van der Waals surface area contributed by atoms with Gasteiger partial charge in [-0.25, -0.2) is 8.78 Å². The minimum atomic E-state index is -0.828. The highest BCUT2D eigenvalue weighted by atomic mass is 19.1. The van der Waals surface area contributed by atoms with Gasteiger partial charge in [0.15, 0.2) is 5.82 Å². The van der Waals surface area contributed by atoms with E-state index in [1.807, 2.05) is 0 Å². The quantitative estimate of drug-likeness (QED) is 0.892. The van der Waals surface area contributed by atoms with Gasteiger partial charge >= 0.3 is 0 Å². The Morgan fingerprint density at radius 2 is 2.16 bits per heavy atom. The van der Waals surface area contributed by atoms with Crippen molar-refractivity contribution in [2.45, 2.75) is 6.92 Å². The Morgan fingerprint density at radius 3 is 2.79 bits per heavy atom. The summed E-state index contributed by atoms with van der Waals surface area (Å²) in [5.74, 6) is -0.997. The van der Waals surface area contributed by atoms with Crippen molar-refractivity contribution in [2.75, 3.05) is 17.2 Å². The van der Waals surface area contributed by atoms with Gasteiger partial charge in [0.1, 0.15) is 17.4 Å². The van der Waals surface area contributed by atoms with Gasteiger partial charge < -0.3 is 15.2 Å². The van der Waals surface area contributed by atoms with Gasteiger partial charge in [-0.05, 0) is 19.1 Å². The molecule has 0 fully saturated rings. The Bertz CT molecular complexity index is 598. The van der Waals surface area contributed by atoms with Crippen molar-refractivity contribution in [2.24, 2.45) is 0 Å². The number of carbonyl (C=O) groups excluding carboxylic acids is 1. The number of benzene rings is 1. The van der Waals surface area contributed by atoms with Crippen LogP contribution in [0.3, 0.4) is 0 Å². The highest BCUT2D eigenvalue weighted by Gasteiger charge is 2.08. The predicted octanol–water partition coefficient (Wildman–Crippen LogP) is 2.31. The molecule has 0 saturated carbocycles. The molecule has 0 radical (unpaired) electrons. The molecule has 0 saturated heterocycles. The zero-order valence-corrected chi connectivity index (χ0v) is 10.0. The first kappa shape index (κ1) is 13.0. The number of hydrogen-bond donors (Lipinski definition) is 2. The summed E-state index contributed by atoms with van der Waals surface area (Å²) in [6.07, 6.45) is 0. The number of aryl methyl sites for hydroxylation is 1. The van der Waals surface area contributed by atoms with E-state index in [1.165, 1.54) is 0 Å². The third kappa shape index (κ3) is 3.51. The van der Waals surface area contributed by atoms with Crippen LogP contribution in [-0.2, 0) is 4.79 Å². The smallest absolute Gasteiger partial charge is 0.243 e. The highest BCUT2D eigenvalue weighted by molar-refractivity contribution is 5.93. The van der Waals surface area contributed by atoms with Crippen LogP contribution in [0.4, 0.5) is 20.3 Å². The summed E-state index contributed by atoms with van der Waals surface area (Å²) >= 11 is 0. The van der Waals surface area contributed by atoms with E-state index in [-0.39, 0.29) is 12.2 Å². The second-order valence-corrected chi connectivity index (χ2v) is 3.85. The molecule has 0 spiro atoms. The summed E-state index contributed by atoms with van der Waals surface area (Å²) < 4.78 is 30.7. The van der Waals surface area contributed by atoms with E-state index in [4.69, 9.17) is 4.52 Å². The first-order valence-electron chi connectivity index (χ1n) is 5.46. The lowest BCUT2D eigenvalue weighted by molar-refractivity contribution is -0.114. The maximum atomic E-state index is 13.3. The molecule has 2 rings (SSSR count). The van der Waals surface area contributed by atoms with Gasteiger partial charge in [0.2, 0.25) is 5.91 Å². The van der Waals surface area contributed by atoms with Crippen LogP contribution < -0.4 is 10.6 Å². The van der Waals surface area contributed by atoms with Crippen molar-refractivity contribution >= 4 is 17.4 Å². The largest absolute Gasteiger partial charge is 0.360 e. The maximum Gasteiger partial charge on any atom is 0.243 e. The van der Waals surface area contributed by atoms with Crippen LogP contribution in [0.25, 0.3) is 0 Å². The van der Waals surface area contributed by atoms with Crippen LogP contribution in [0.15, 0.2) is 28.8 Å². The van der Waals surface area contributed by atoms with Crippen molar-refractivity contribution in [1.29, 1.82) is 0 Å². The molecule has 5 nitrogen and oxygen atoms in total. The second-order valence-electron chi connectivity index (χ2n) is 3.85. The van der Waals surface area contributed by atoms with Gasteiger partial charge in [-0.15, -0.1) is 0 Å². The summed E-state index contributed by atoms with van der Waals surface area (Å²) in [6.45, 7) is 1.61. The van der Waals surface area contributed by atoms with Crippen LogP contribution in [-0.4, -0.2) is 17.6 Å². The standard InChI is InChI=1S/C12H11F2N3O2/c1-7-4-11(17-19-7)15-6-12(18)16-10-3-2-8(13)5-9(10)14/h2-5H,6H2,1H3,(H,15,17)(H,16,18). The van der Waals surface area contributed by atoms with Gasteiger partial charge in [0, 0.05) is 12.1 Å². The minimum absolute atomic E-state index is 0.0791. The number of halogens is 2. The molecule has 0 aliphatic carbocycles. The number of hydrogen-bond acceptors (Lipinski definition) is 4. The molecular formula is C12H11F2N3O2. The SMILES string of the molecule is Cc1cc(NCC(=O)Nc2ccc(F)cc2F)no1. The number of aromatic nitrogens is 1. The lowest BCUT2D eigenvalue weighted by atomic mass is 10.3. The molecule has 1 heterocycles. The molecule has 100 valence electrons. The van der Waals surface area contributed by atoms with E-state index >= 15 is 0 Å². The molecular weight excluding hydrogens is 256 g/mol. The van der Waals surface area contributed by atoms with Gasteiger partial charge in [0.25, 0.3) is 0 Å². The lowest BCUT2D eigenvalue weighted by Gasteiger charge is -2.06. The summed E-state index contributed by atoms with van der Waals surface area (Å²) in [4.78, 5) is 11.5. The topological polar surface area (TPSA) is 67.2 Å². The highest BCUT2D eigenvalue weighted by Crippen LogP contribution is 2.14. The fraction of sp³-hybridized carbons (Fsp3) is 0.167. The maximum absolute atomic E-state index is 13.3. The van der Waals surface area contributed by atoms with Crippen LogP contribution in [0.5, 0.6) is 0 Å². The summed E-state index contributed by atoms with van der Waals surface area (Å²) in [6, 6.07) is 4.53. The minimum Gasteiger partial charge on any atom is -0.360 e. The van der Waals surface area contributed by atoms with E-state index in [0.717, 1.165) is 12.1 Å². The summed E-state index contributed by atoms with van der Waals surface area (Å²) in [7, 11) is 0. The van der Waals surface area contributed by atoms with E-state index in [2.05, 4.69) is 15.8 Å². The molecule has 1 amide bonds. The first-order chi connectivity index (χ1) is 9.04. The first-order valence-corrected chi connectivity index (χ1v) is 5.46. The average molecular weight is 267 g/mol. The van der Waals surface area contributed by atoms with Gasteiger partial charge in [-0.2, -0.15) is 0 Å². The number of nitrogens with one attached hydrogen (secondary N) is 2. The van der Waals surface area contributed by atoms with E-state index in [1.54, 1.807) is 13.0 Å². The van der Waals surface area contributed by atoms with E-state index < -0.39 is 17.5 Å². The molecule has 7 heteroatoms. The molecule has 0 unspecified atom stereocenters. The molecule has 0 aliphatic heterocycles. The molecule has 1 aromatic heterocycles. The van der Waals surface area contributed by atoms with Crippen molar-refractivity contribution in [1.82, 2.24) is 5.16 Å². The molecule has 0 atom stereocenters. The molecule has 0 aliphatic rings.